The average molecular weight is 221 g/mol. The molecule has 0 bridgehead atoms. The van der Waals surface area contributed by atoms with Crippen molar-refractivity contribution in [3.05, 3.63) is 42.2 Å². The first-order valence-electron chi connectivity index (χ1n) is 4.34. The molecule has 0 atom stereocenters. The zero-order valence-corrected chi connectivity index (χ0v) is 8.31. The van der Waals surface area contributed by atoms with Crippen molar-refractivity contribution in [2.75, 3.05) is 0 Å². The molecule has 16 heavy (non-hydrogen) atoms. The molecule has 0 unspecified atom stereocenters. The van der Waals surface area contributed by atoms with Gasteiger partial charge in [-0.2, -0.15) is 0 Å². The number of H-pyrrole nitrogens is 2. The zero-order chi connectivity index (χ0) is 12.0. The second kappa shape index (κ2) is 5.35. The zero-order valence-electron chi connectivity index (χ0n) is 8.31. The Morgan fingerprint density at radius 2 is 1.75 bits per heavy atom. The van der Waals surface area contributed by atoms with Gasteiger partial charge in [-0.3, -0.25) is 9.59 Å². The number of carbonyl (C=O) groups excluding carboxylic acids is 2. The molecule has 0 aliphatic heterocycles. The van der Waals surface area contributed by atoms with Gasteiger partial charge in [0.05, 0.1) is 0 Å². The number of hydrogen-bond donors (Lipinski definition) is 4. The molecule has 84 valence electrons. The Hall–Kier alpha value is -2.57. The summed E-state index contributed by atoms with van der Waals surface area (Å²) < 4.78 is 0. The van der Waals surface area contributed by atoms with Gasteiger partial charge in [-0.1, -0.05) is 0 Å². The molecular formula is C9H11N5O2. The minimum Gasteiger partial charge on any atom is -0.368 e. The molecule has 7 nitrogen and oxygen atoms in total. The van der Waals surface area contributed by atoms with E-state index in [-0.39, 0.29) is 11.5 Å². The summed E-state index contributed by atoms with van der Waals surface area (Å²) >= 11 is 0. The van der Waals surface area contributed by atoms with Gasteiger partial charge in [-0.25, -0.2) is 4.98 Å². The molecule has 0 saturated heterocycles. The van der Waals surface area contributed by atoms with Crippen LogP contribution in [0.5, 0.6) is 0 Å². The average Bonchev–Trinajstić information content (AvgIpc) is 2.93. The van der Waals surface area contributed by atoms with E-state index in [1.165, 1.54) is 6.20 Å². The minimum absolute atomic E-state index is 0.00111. The first-order chi connectivity index (χ1) is 7.61. The van der Waals surface area contributed by atoms with Crippen LogP contribution in [0.3, 0.4) is 0 Å². The topological polar surface area (TPSA) is 131 Å². The lowest BCUT2D eigenvalue weighted by Crippen LogP contribution is -2.15. The van der Waals surface area contributed by atoms with Gasteiger partial charge in [0.2, 0.25) is 0 Å². The predicted molar refractivity (Wildman–Crippen MR) is 56.4 cm³/mol. The third-order valence-electron chi connectivity index (χ3n) is 1.56. The van der Waals surface area contributed by atoms with E-state index in [1.807, 2.05) is 24.5 Å². The number of carbonyl (C=O) groups is 2. The van der Waals surface area contributed by atoms with Crippen molar-refractivity contribution in [2.24, 2.45) is 11.5 Å². The highest BCUT2D eigenvalue weighted by atomic mass is 16.2. The number of rotatable bonds is 2. The maximum atomic E-state index is 10.4. The summed E-state index contributed by atoms with van der Waals surface area (Å²) in [6.07, 6.45) is 4.97. The van der Waals surface area contributed by atoms with E-state index >= 15 is 0 Å². The normalized spacial score (nSPS) is 9.00. The van der Waals surface area contributed by atoms with Gasteiger partial charge >= 0.3 is 0 Å². The number of primary amides is 2. The molecule has 2 aromatic rings. The third-order valence-corrected chi connectivity index (χ3v) is 1.56. The number of aromatic nitrogens is 3. The van der Waals surface area contributed by atoms with Crippen molar-refractivity contribution in [1.29, 1.82) is 0 Å². The Morgan fingerprint density at radius 3 is 2.00 bits per heavy atom. The van der Waals surface area contributed by atoms with Crippen molar-refractivity contribution >= 4 is 11.8 Å². The summed E-state index contributed by atoms with van der Waals surface area (Å²) in [5, 5.41) is 0. The van der Waals surface area contributed by atoms with Crippen molar-refractivity contribution < 1.29 is 9.59 Å². The van der Waals surface area contributed by atoms with E-state index in [4.69, 9.17) is 11.5 Å². The number of hydrogen-bond acceptors (Lipinski definition) is 3. The van der Waals surface area contributed by atoms with Crippen LogP contribution in [0.15, 0.2) is 30.7 Å². The molecule has 0 aliphatic carbocycles. The van der Waals surface area contributed by atoms with Gasteiger partial charge in [0, 0.05) is 18.6 Å². The molecular weight excluding hydrogens is 210 g/mol. The largest absolute Gasteiger partial charge is 0.368 e. The fourth-order valence-electron chi connectivity index (χ4n) is 0.852. The van der Waals surface area contributed by atoms with Crippen LogP contribution >= 0.6 is 0 Å². The van der Waals surface area contributed by atoms with E-state index < -0.39 is 11.8 Å². The van der Waals surface area contributed by atoms with Crippen LogP contribution in [0.25, 0.3) is 0 Å². The molecule has 0 aromatic carbocycles. The molecule has 2 aromatic heterocycles. The lowest BCUT2D eigenvalue weighted by molar-refractivity contribution is 0.0991. The fourth-order valence-corrected chi connectivity index (χ4v) is 0.852. The fraction of sp³-hybridized carbons (Fsp3) is 0. The van der Waals surface area contributed by atoms with Crippen LogP contribution in [0, 0.1) is 0 Å². The third kappa shape index (κ3) is 3.29. The second-order valence-corrected chi connectivity index (χ2v) is 2.75. The van der Waals surface area contributed by atoms with Gasteiger partial charge in [0.15, 0.2) is 5.82 Å². The Balaban J connectivity index is 0.000000212. The smallest absolute Gasteiger partial charge is 0.284 e. The quantitative estimate of drug-likeness (QED) is 0.551. The van der Waals surface area contributed by atoms with Crippen LogP contribution < -0.4 is 11.5 Å². The molecule has 2 heterocycles. The van der Waals surface area contributed by atoms with E-state index in [1.54, 1.807) is 0 Å². The van der Waals surface area contributed by atoms with Crippen LogP contribution in [0.4, 0.5) is 0 Å². The van der Waals surface area contributed by atoms with Crippen molar-refractivity contribution in [3.8, 4) is 0 Å². The molecule has 7 heteroatoms. The van der Waals surface area contributed by atoms with Crippen LogP contribution in [0.2, 0.25) is 0 Å². The Kier molecular flexibility index (Phi) is 3.84. The second-order valence-electron chi connectivity index (χ2n) is 2.75. The van der Waals surface area contributed by atoms with Crippen LogP contribution in [-0.4, -0.2) is 26.8 Å². The summed E-state index contributed by atoms with van der Waals surface area (Å²) in [5.41, 5.74) is 9.70. The maximum Gasteiger partial charge on any atom is 0.284 e. The summed E-state index contributed by atoms with van der Waals surface area (Å²) in [4.78, 5) is 29.6. The number of amides is 2. The summed E-state index contributed by atoms with van der Waals surface area (Å²) in [5.74, 6) is -1.50. The number of nitrogens with one attached hydrogen (secondary N) is 2. The highest BCUT2D eigenvalue weighted by molar-refractivity contribution is 5.94. The first-order valence-corrected chi connectivity index (χ1v) is 4.34. The van der Waals surface area contributed by atoms with Crippen LogP contribution in [0.1, 0.15) is 21.1 Å². The summed E-state index contributed by atoms with van der Waals surface area (Å²) in [6, 6.07) is 3.89. The van der Waals surface area contributed by atoms with Gasteiger partial charge in [-0.05, 0) is 12.1 Å². The molecule has 2 rings (SSSR count). The van der Waals surface area contributed by atoms with E-state index in [9.17, 15) is 9.59 Å². The molecule has 0 radical (unpaired) electrons. The monoisotopic (exact) mass is 221 g/mol. The Labute approximate surface area is 90.9 Å². The van der Waals surface area contributed by atoms with Crippen LogP contribution in [-0.2, 0) is 0 Å². The number of imidazole rings is 1. The Bertz CT molecular complexity index is 414. The molecule has 0 fully saturated rings. The highest BCUT2D eigenvalue weighted by Gasteiger charge is 2.08. The lowest BCUT2D eigenvalue weighted by Gasteiger charge is -1.83. The molecule has 2 amide bonds. The molecule has 0 saturated carbocycles. The molecule has 6 N–H and O–H groups in total. The first kappa shape index (κ1) is 11.5. The molecule has 0 aliphatic rings. The van der Waals surface area contributed by atoms with Crippen molar-refractivity contribution in [3.63, 3.8) is 0 Å². The van der Waals surface area contributed by atoms with Gasteiger partial charge < -0.3 is 21.4 Å². The van der Waals surface area contributed by atoms with Gasteiger partial charge in [0.25, 0.3) is 11.8 Å². The van der Waals surface area contributed by atoms with E-state index in [0.717, 1.165) is 0 Å². The molecule has 0 spiro atoms. The number of nitrogens with two attached hydrogens (primary N) is 2. The lowest BCUT2D eigenvalue weighted by atomic mass is 10.5. The van der Waals surface area contributed by atoms with Gasteiger partial charge in [0.1, 0.15) is 5.69 Å². The maximum absolute atomic E-state index is 10.4. The predicted octanol–water partition coefficient (Wildman–Crippen LogP) is -0.378. The Morgan fingerprint density at radius 1 is 1.12 bits per heavy atom. The minimum atomic E-state index is -0.725. The summed E-state index contributed by atoms with van der Waals surface area (Å²) in [7, 11) is 0. The van der Waals surface area contributed by atoms with Crippen molar-refractivity contribution in [2.45, 2.75) is 0 Å². The van der Waals surface area contributed by atoms with E-state index in [2.05, 4.69) is 15.0 Å². The summed E-state index contributed by atoms with van der Waals surface area (Å²) in [6.45, 7) is 0. The number of aromatic amines is 2. The van der Waals surface area contributed by atoms with Crippen molar-refractivity contribution in [1.82, 2.24) is 15.0 Å². The number of nitrogens with zero attached hydrogens (tertiary/aromatic N) is 1. The SMILES string of the molecule is NC(=O)c1c[nH]c(C(N)=O)n1.c1cc[nH]c1. The van der Waals surface area contributed by atoms with Gasteiger partial charge in [-0.15, -0.1) is 0 Å². The van der Waals surface area contributed by atoms with E-state index in [0.29, 0.717) is 0 Å². The standard InChI is InChI=1S/C5H6N4O2.C4H5N/c6-3(10)2-1-8-5(9-2)4(7)11;1-2-4-5-3-1/h1H,(H2,6,10)(H2,7,11)(H,8,9);1-5H. The highest BCUT2D eigenvalue weighted by Crippen LogP contribution is 1.93.